The standard InChI is InChI=1S/C21H22FN3O2S/c1-27-19-7-6-15(12-18(19)22)20(26)16-4-2-9-24(13-16)14-17-5-3-10-25(17)21-23-8-11-28-21/h3,5-8,10-12,16H,2,4,9,13-14H2,1H3/t16-/m0/s1. The molecule has 5 nitrogen and oxygen atoms in total. The molecule has 0 spiro atoms. The second kappa shape index (κ2) is 8.24. The van der Waals surface area contributed by atoms with E-state index in [1.165, 1.54) is 19.2 Å². The lowest BCUT2D eigenvalue weighted by atomic mass is 9.90. The van der Waals surface area contributed by atoms with Crippen molar-refractivity contribution >= 4 is 17.1 Å². The third-order valence-electron chi connectivity index (χ3n) is 5.16. The Morgan fingerprint density at radius 1 is 1.39 bits per heavy atom. The molecule has 0 amide bonds. The van der Waals surface area contributed by atoms with Crippen LogP contribution in [-0.2, 0) is 6.54 Å². The summed E-state index contributed by atoms with van der Waals surface area (Å²) in [5.41, 5.74) is 1.56. The Morgan fingerprint density at radius 2 is 2.29 bits per heavy atom. The van der Waals surface area contributed by atoms with E-state index < -0.39 is 5.82 Å². The number of likely N-dealkylation sites (tertiary alicyclic amines) is 1. The highest BCUT2D eigenvalue weighted by molar-refractivity contribution is 7.12. The van der Waals surface area contributed by atoms with Crippen LogP contribution in [0.3, 0.4) is 0 Å². The summed E-state index contributed by atoms with van der Waals surface area (Å²) in [6.45, 7) is 2.38. The van der Waals surface area contributed by atoms with Crippen molar-refractivity contribution in [3.8, 4) is 10.9 Å². The van der Waals surface area contributed by atoms with Gasteiger partial charge in [-0.25, -0.2) is 9.37 Å². The van der Waals surface area contributed by atoms with Crippen LogP contribution in [0.15, 0.2) is 48.1 Å². The SMILES string of the molecule is COc1ccc(C(=O)[C@H]2CCCN(Cc3cccn3-c3nccs3)C2)cc1F. The molecule has 0 bridgehead atoms. The maximum atomic E-state index is 14.0. The molecule has 1 aliphatic rings. The topological polar surface area (TPSA) is 47.4 Å². The summed E-state index contributed by atoms with van der Waals surface area (Å²) in [7, 11) is 1.42. The molecule has 4 rings (SSSR count). The first-order valence-corrected chi connectivity index (χ1v) is 10.2. The molecule has 0 aliphatic carbocycles. The molecule has 1 saturated heterocycles. The maximum absolute atomic E-state index is 14.0. The molecule has 1 aromatic carbocycles. The lowest BCUT2D eigenvalue weighted by Gasteiger charge is -2.32. The summed E-state index contributed by atoms with van der Waals surface area (Å²) in [5.74, 6) is -0.460. The molecule has 146 valence electrons. The molecule has 28 heavy (non-hydrogen) atoms. The molecular weight excluding hydrogens is 377 g/mol. The molecule has 2 aromatic heterocycles. The number of ketones is 1. The predicted octanol–water partition coefficient (Wildman–Crippen LogP) is 4.18. The van der Waals surface area contributed by atoms with Crippen molar-refractivity contribution in [2.75, 3.05) is 20.2 Å². The number of piperidine rings is 1. The molecule has 3 heterocycles. The number of Topliss-reactive ketones (excluding diaryl/α,β-unsaturated/α-hetero) is 1. The second-order valence-electron chi connectivity index (χ2n) is 6.97. The van der Waals surface area contributed by atoms with Crippen molar-refractivity contribution in [2.24, 2.45) is 5.92 Å². The van der Waals surface area contributed by atoms with Crippen molar-refractivity contribution in [3.05, 3.63) is 65.2 Å². The highest BCUT2D eigenvalue weighted by Crippen LogP contribution is 2.26. The molecule has 0 N–H and O–H groups in total. The third-order valence-corrected chi connectivity index (χ3v) is 5.93. The minimum absolute atomic E-state index is 0.00144. The van der Waals surface area contributed by atoms with E-state index in [4.69, 9.17) is 4.74 Å². The Hall–Kier alpha value is -2.51. The van der Waals surface area contributed by atoms with Gasteiger partial charge in [0, 0.05) is 48.0 Å². The van der Waals surface area contributed by atoms with Crippen LogP contribution in [0.5, 0.6) is 5.75 Å². The van der Waals surface area contributed by atoms with E-state index in [0.29, 0.717) is 12.1 Å². The zero-order valence-electron chi connectivity index (χ0n) is 15.7. The van der Waals surface area contributed by atoms with Gasteiger partial charge in [-0.3, -0.25) is 14.3 Å². The predicted molar refractivity (Wildman–Crippen MR) is 107 cm³/mol. The van der Waals surface area contributed by atoms with Crippen LogP contribution in [0.1, 0.15) is 28.9 Å². The van der Waals surface area contributed by atoms with Crippen molar-refractivity contribution in [2.45, 2.75) is 19.4 Å². The summed E-state index contributed by atoms with van der Waals surface area (Å²) in [5, 5.41) is 2.90. The smallest absolute Gasteiger partial charge is 0.193 e. The van der Waals surface area contributed by atoms with Gasteiger partial charge in [-0.1, -0.05) is 0 Å². The van der Waals surface area contributed by atoms with Crippen molar-refractivity contribution < 1.29 is 13.9 Å². The van der Waals surface area contributed by atoms with E-state index in [9.17, 15) is 9.18 Å². The van der Waals surface area contributed by atoms with Gasteiger partial charge in [-0.2, -0.15) is 0 Å². The monoisotopic (exact) mass is 399 g/mol. The molecule has 1 fully saturated rings. The van der Waals surface area contributed by atoms with E-state index in [1.807, 2.05) is 17.6 Å². The molecule has 0 unspecified atom stereocenters. The molecule has 1 atom stereocenters. The number of methoxy groups -OCH3 is 1. The number of benzene rings is 1. The van der Waals surface area contributed by atoms with Crippen LogP contribution in [0.4, 0.5) is 4.39 Å². The van der Waals surface area contributed by atoms with Gasteiger partial charge >= 0.3 is 0 Å². The van der Waals surface area contributed by atoms with E-state index in [2.05, 4.69) is 20.5 Å². The van der Waals surface area contributed by atoms with E-state index in [1.54, 1.807) is 23.6 Å². The van der Waals surface area contributed by atoms with Crippen LogP contribution in [0.2, 0.25) is 0 Å². The fraction of sp³-hybridized carbons (Fsp3) is 0.333. The van der Waals surface area contributed by atoms with Gasteiger partial charge in [0.15, 0.2) is 22.5 Å². The lowest BCUT2D eigenvalue weighted by molar-refractivity contribution is 0.0809. The Morgan fingerprint density at radius 3 is 3.04 bits per heavy atom. The van der Waals surface area contributed by atoms with Gasteiger partial charge in [0.05, 0.1) is 7.11 Å². The van der Waals surface area contributed by atoms with Crippen LogP contribution < -0.4 is 4.74 Å². The van der Waals surface area contributed by atoms with Gasteiger partial charge in [0.1, 0.15) is 0 Å². The molecular formula is C21H22FN3O2S. The number of thiazole rings is 1. The summed E-state index contributed by atoms with van der Waals surface area (Å²) in [6, 6.07) is 8.56. The fourth-order valence-electron chi connectivity index (χ4n) is 3.76. The highest BCUT2D eigenvalue weighted by Gasteiger charge is 2.27. The van der Waals surface area contributed by atoms with Gasteiger partial charge < -0.3 is 4.74 Å². The zero-order chi connectivity index (χ0) is 19.5. The van der Waals surface area contributed by atoms with Crippen molar-refractivity contribution in [1.29, 1.82) is 0 Å². The average Bonchev–Trinajstić information content (AvgIpc) is 3.39. The summed E-state index contributed by atoms with van der Waals surface area (Å²) >= 11 is 1.60. The Bertz CT molecular complexity index is 954. The number of hydrogen-bond donors (Lipinski definition) is 0. The molecule has 7 heteroatoms. The Kier molecular flexibility index (Phi) is 5.54. The van der Waals surface area contributed by atoms with Crippen LogP contribution in [-0.4, -0.2) is 40.4 Å². The number of carbonyl (C=O) groups is 1. The number of aromatic nitrogens is 2. The first-order chi connectivity index (χ1) is 13.7. The third kappa shape index (κ3) is 3.86. The Labute approximate surface area is 167 Å². The summed E-state index contributed by atoms with van der Waals surface area (Å²) in [6.07, 6.45) is 5.59. The number of hydrogen-bond acceptors (Lipinski definition) is 5. The molecule has 3 aromatic rings. The van der Waals surface area contributed by atoms with Gasteiger partial charge in [0.2, 0.25) is 0 Å². The highest BCUT2D eigenvalue weighted by atomic mass is 32.1. The second-order valence-corrected chi connectivity index (χ2v) is 7.85. The maximum Gasteiger partial charge on any atom is 0.193 e. The number of nitrogens with zero attached hydrogens (tertiary/aromatic N) is 3. The van der Waals surface area contributed by atoms with E-state index >= 15 is 0 Å². The summed E-state index contributed by atoms with van der Waals surface area (Å²) in [4.78, 5) is 19.6. The molecule has 0 saturated carbocycles. The normalized spacial score (nSPS) is 17.6. The first kappa shape index (κ1) is 18.8. The van der Waals surface area contributed by atoms with E-state index in [-0.39, 0.29) is 17.5 Å². The minimum atomic E-state index is -0.498. The fourth-order valence-corrected chi connectivity index (χ4v) is 4.42. The van der Waals surface area contributed by atoms with Gasteiger partial charge in [-0.05, 0) is 49.7 Å². The minimum Gasteiger partial charge on any atom is -0.494 e. The van der Waals surface area contributed by atoms with Crippen LogP contribution >= 0.6 is 11.3 Å². The Balaban J connectivity index is 1.46. The van der Waals surface area contributed by atoms with E-state index in [0.717, 1.165) is 36.8 Å². The number of rotatable bonds is 6. The number of halogens is 1. The zero-order valence-corrected chi connectivity index (χ0v) is 16.5. The quantitative estimate of drug-likeness (QED) is 0.584. The summed E-state index contributed by atoms with van der Waals surface area (Å²) < 4.78 is 21.0. The van der Waals surface area contributed by atoms with Crippen LogP contribution in [0.25, 0.3) is 5.13 Å². The molecule has 1 aliphatic heterocycles. The lowest BCUT2D eigenvalue weighted by Crippen LogP contribution is -2.38. The van der Waals surface area contributed by atoms with Crippen molar-refractivity contribution in [3.63, 3.8) is 0 Å². The van der Waals surface area contributed by atoms with Gasteiger partial charge in [-0.15, -0.1) is 11.3 Å². The first-order valence-electron chi connectivity index (χ1n) is 9.32. The number of carbonyl (C=O) groups excluding carboxylic acids is 1. The van der Waals surface area contributed by atoms with Crippen molar-refractivity contribution in [1.82, 2.24) is 14.5 Å². The molecule has 0 radical (unpaired) electrons. The number of ether oxygens (including phenoxy) is 1. The largest absolute Gasteiger partial charge is 0.494 e. The van der Waals surface area contributed by atoms with Gasteiger partial charge in [0.25, 0.3) is 0 Å². The van der Waals surface area contributed by atoms with Crippen LogP contribution in [0, 0.1) is 11.7 Å². The average molecular weight is 399 g/mol.